The lowest BCUT2D eigenvalue weighted by Crippen LogP contribution is -2.04. The third-order valence-corrected chi connectivity index (χ3v) is 1.53. The van der Waals surface area contributed by atoms with Crippen molar-refractivity contribution >= 4 is 0 Å². The molecule has 1 aromatic heterocycles. The maximum Gasteiger partial charge on any atom is 0.162 e. The van der Waals surface area contributed by atoms with Crippen LogP contribution in [0.15, 0.2) is 6.07 Å². The van der Waals surface area contributed by atoms with Gasteiger partial charge in [-0.05, 0) is 26.8 Å². The van der Waals surface area contributed by atoms with Crippen LogP contribution in [0.25, 0.3) is 0 Å². The molecule has 0 fully saturated rings. The third-order valence-electron chi connectivity index (χ3n) is 1.53. The summed E-state index contributed by atoms with van der Waals surface area (Å²) in [7, 11) is 0. The van der Waals surface area contributed by atoms with E-state index < -0.39 is 0 Å². The van der Waals surface area contributed by atoms with Gasteiger partial charge in [0.2, 0.25) is 0 Å². The quantitative estimate of drug-likeness (QED) is 0.609. The molecule has 1 aromatic rings. The average molecular weight is 149 g/mol. The van der Waals surface area contributed by atoms with Gasteiger partial charge in [-0.25, -0.2) is 0 Å². The Bertz CT molecular complexity index is 291. The normalized spacial score (nSPS) is 10.1. The Kier molecular flexibility index (Phi) is 1.95. The Morgan fingerprint density at radius 2 is 2.27 bits per heavy atom. The molecule has 0 atom stereocenters. The van der Waals surface area contributed by atoms with E-state index in [0.717, 1.165) is 5.69 Å². The third kappa shape index (κ3) is 1.40. The van der Waals surface area contributed by atoms with Crippen molar-refractivity contribution in [2.75, 3.05) is 0 Å². The first-order chi connectivity index (χ1) is 5.15. The number of aromatic nitrogens is 2. The molecule has 0 bridgehead atoms. The zero-order chi connectivity index (χ0) is 8.43. The van der Waals surface area contributed by atoms with E-state index in [4.69, 9.17) is 5.26 Å². The highest BCUT2D eigenvalue weighted by atomic mass is 15.3. The van der Waals surface area contributed by atoms with Crippen LogP contribution < -0.4 is 0 Å². The highest BCUT2D eigenvalue weighted by Gasteiger charge is 2.04. The molecular formula is C8H11N3. The summed E-state index contributed by atoms with van der Waals surface area (Å²) >= 11 is 0. The van der Waals surface area contributed by atoms with Gasteiger partial charge in [0.15, 0.2) is 5.69 Å². The molecule has 0 saturated heterocycles. The second-order valence-electron chi connectivity index (χ2n) is 2.82. The first-order valence-electron chi connectivity index (χ1n) is 3.61. The van der Waals surface area contributed by atoms with Crippen molar-refractivity contribution in [1.82, 2.24) is 9.78 Å². The molecule has 0 N–H and O–H groups in total. The minimum atomic E-state index is 0.331. The molecule has 3 nitrogen and oxygen atoms in total. The predicted molar refractivity (Wildman–Crippen MR) is 42.1 cm³/mol. The predicted octanol–water partition coefficient (Wildman–Crippen LogP) is 1.64. The number of hydrogen-bond acceptors (Lipinski definition) is 2. The van der Waals surface area contributed by atoms with E-state index in [-0.39, 0.29) is 0 Å². The molecule has 0 aliphatic carbocycles. The second kappa shape index (κ2) is 2.75. The number of nitrogens with zero attached hydrogens (tertiary/aromatic N) is 3. The van der Waals surface area contributed by atoms with Gasteiger partial charge in [-0.15, -0.1) is 0 Å². The minimum Gasteiger partial charge on any atom is -0.266 e. The van der Waals surface area contributed by atoms with Gasteiger partial charge in [-0.2, -0.15) is 10.4 Å². The van der Waals surface area contributed by atoms with E-state index >= 15 is 0 Å². The van der Waals surface area contributed by atoms with Crippen molar-refractivity contribution < 1.29 is 0 Å². The first kappa shape index (κ1) is 7.80. The van der Waals surface area contributed by atoms with Gasteiger partial charge in [0.05, 0.1) is 0 Å². The molecule has 0 aromatic carbocycles. The van der Waals surface area contributed by atoms with Crippen molar-refractivity contribution in [3.05, 3.63) is 17.5 Å². The SMILES string of the molecule is Cc1cc(C#N)nn1C(C)C. The Morgan fingerprint density at radius 3 is 2.55 bits per heavy atom. The summed E-state index contributed by atoms with van der Waals surface area (Å²) in [6, 6.07) is 4.13. The van der Waals surface area contributed by atoms with E-state index in [9.17, 15) is 0 Å². The summed E-state index contributed by atoms with van der Waals surface area (Å²) in [5, 5.41) is 12.6. The lowest BCUT2D eigenvalue weighted by molar-refractivity contribution is 0.518. The van der Waals surface area contributed by atoms with E-state index in [1.54, 1.807) is 6.07 Å². The molecule has 0 unspecified atom stereocenters. The van der Waals surface area contributed by atoms with Crippen molar-refractivity contribution in [3.63, 3.8) is 0 Å². The molecule has 11 heavy (non-hydrogen) atoms. The topological polar surface area (TPSA) is 41.6 Å². The van der Waals surface area contributed by atoms with E-state index in [1.165, 1.54) is 0 Å². The van der Waals surface area contributed by atoms with Crippen LogP contribution in [0.5, 0.6) is 0 Å². The van der Waals surface area contributed by atoms with Crippen molar-refractivity contribution in [1.29, 1.82) is 5.26 Å². The van der Waals surface area contributed by atoms with Gasteiger partial charge < -0.3 is 0 Å². The lowest BCUT2D eigenvalue weighted by atomic mass is 10.3. The molecule has 0 saturated carbocycles. The largest absolute Gasteiger partial charge is 0.266 e. The standard InChI is InChI=1S/C8H11N3/c1-6(2)11-7(3)4-8(5-9)10-11/h4,6H,1-3H3. The van der Waals surface area contributed by atoms with Crippen molar-refractivity contribution in [2.45, 2.75) is 26.8 Å². The van der Waals surface area contributed by atoms with Gasteiger partial charge in [0.1, 0.15) is 6.07 Å². The van der Waals surface area contributed by atoms with Crippen molar-refractivity contribution in [3.8, 4) is 6.07 Å². The molecule has 1 heterocycles. The molecule has 0 aliphatic heterocycles. The monoisotopic (exact) mass is 149 g/mol. The lowest BCUT2D eigenvalue weighted by Gasteiger charge is -2.06. The maximum atomic E-state index is 8.53. The number of nitriles is 1. The Balaban J connectivity index is 3.09. The van der Waals surface area contributed by atoms with E-state index in [0.29, 0.717) is 11.7 Å². The summed E-state index contributed by atoms with van der Waals surface area (Å²) in [4.78, 5) is 0. The molecule has 1 rings (SSSR count). The Morgan fingerprint density at radius 1 is 1.64 bits per heavy atom. The van der Waals surface area contributed by atoms with Gasteiger partial charge in [0.25, 0.3) is 0 Å². The van der Waals surface area contributed by atoms with Crippen LogP contribution in [-0.2, 0) is 0 Å². The summed E-state index contributed by atoms with van der Waals surface area (Å²) in [5.74, 6) is 0. The molecule has 58 valence electrons. The number of rotatable bonds is 1. The van der Waals surface area contributed by atoms with Crippen LogP contribution in [0.2, 0.25) is 0 Å². The molecule has 3 heteroatoms. The minimum absolute atomic E-state index is 0.331. The van der Waals surface area contributed by atoms with Crippen LogP contribution >= 0.6 is 0 Å². The average Bonchev–Trinajstić information content (AvgIpc) is 2.30. The van der Waals surface area contributed by atoms with Crippen molar-refractivity contribution in [2.24, 2.45) is 0 Å². The van der Waals surface area contributed by atoms with Gasteiger partial charge in [0, 0.05) is 11.7 Å². The summed E-state index contributed by atoms with van der Waals surface area (Å²) in [5.41, 5.74) is 1.53. The molecule has 0 radical (unpaired) electrons. The smallest absolute Gasteiger partial charge is 0.162 e. The fraction of sp³-hybridized carbons (Fsp3) is 0.500. The number of hydrogen-bond donors (Lipinski definition) is 0. The highest BCUT2D eigenvalue weighted by Crippen LogP contribution is 2.08. The number of aryl methyl sites for hydroxylation is 1. The summed E-state index contributed by atoms with van der Waals surface area (Å²) < 4.78 is 1.85. The summed E-state index contributed by atoms with van der Waals surface area (Å²) in [6.45, 7) is 6.04. The highest BCUT2D eigenvalue weighted by molar-refractivity contribution is 5.21. The van der Waals surface area contributed by atoms with E-state index in [2.05, 4.69) is 5.10 Å². The van der Waals surface area contributed by atoms with E-state index in [1.807, 2.05) is 31.5 Å². The Labute approximate surface area is 66.3 Å². The molecule has 0 spiro atoms. The fourth-order valence-electron chi connectivity index (χ4n) is 1.07. The fourth-order valence-corrected chi connectivity index (χ4v) is 1.07. The van der Waals surface area contributed by atoms with Crippen LogP contribution in [0.4, 0.5) is 0 Å². The van der Waals surface area contributed by atoms with Crippen LogP contribution in [0.1, 0.15) is 31.3 Å². The van der Waals surface area contributed by atoms with Gasteiger partial charge in [-0.3, -0.25) is 4.68 Å². The molecule has 0 aliphatic rings. The van der Waals surface area contributed by atoms with Crippen LogP contribution in [0, 0.1) is 18.3 Å². The van der Waals surface area contributed by atoms with Crippen LogP contribution in [-0.4, -0.2) is 9.78 Å². The van der Waals surface area contributed by atoms with Gasteiger partial charge >= 0.3 is 0 Å². The maximum absolute atomic E-state index is 8.53. The first-order valence-corrected chi connectivity index (χ1v) is 3.61. The summed E-state index contributed by atoms with van der Waals surface area (Å²) in [6.07, 6.45) is 0. The molecule has 0 amide bonds. The van der Waals surface area contributed by atoms with Crippen LogP contribution in [0.3, 0.4) is 0 Å². The molecular weight excluding hydrogens is 138 g/mol. The zero-order valence-corrected chi connectivity index (χ0v) is 7.00. The Hall–Kier alpha value is -1.30. The second-order valence-corrected chi connectivity index (χ2v) is 2.82. The zero-order valence-electron chi connectivity index (χ0n) is 7.00. The van der Waals surface area contributed by atoms with Gasteiger partial charge in [-0.1, -0.05) is 0 Å².